The Balaban J connectivity index is 2.01. The Bertz CT molecular complexity index is 1070. The summed E-state index contributed by atoms with van der Waals surface area (Å²) in [5.74, 6) is -1.24. The fourth-order valence-corrected chi connectivity index (χ4v) is 3.52. The molecule has 3 N–H and O–H groups in total. The normalized spacial score (nSPS) is 15.8. The first kappa shape index (κ1) is 21.4. The predicted octanol–water partition coefficient (Wildman–Crippen LogP) is 5.77. The summed E-state index contributed by atoms with van der Waals surface area (Å²) in [4.78, 5) is 30.6. The van der Waals surface area contributed by atoms with Gasteiger partial charge in [-0.3, -0.25) is 9.59 Å². The number of benzene rings is 1. The Hall–Kier alpha value is -3.33. The van der Waals surface area contributed by atoms with Crippen molar-refractivity contribution in [3.05, 3.63) is 64.8 Å². The number of aliphatic carboxylic acids is 1. The summed E-state index contributed by atoms with van der Waals surface area (Å²) < 4.78 is 0. The molecule has 156 valence electrons. The van der Waals surface area contributed by atoms with E-state index in [2.05, 4.69) is 35.1 Å². The number of nitrogens with one attached hydrogen (secondary N) is 2. The highest BCUT2D eigenvalue weighted by Crippen LogP contribution is 2.41. The van der Waals surface area contributed by atoms with Crippen LogP contribution in [0.2, 0.25) is 0 Å². The quantitative estimate of drug-likeness (QED) is 0.552. The van der Waals surface area contributed by atoms with Crippen molar-refractivity contribution in [2.75, 3.05) is 5.32 Å². The first-order valence-corrected chi connectivity index (χ1v) is 9.98. The molecule has 6 nitrogen and oxygen atoms in total. The van der Waals surface area contributed by atoms with Crippen LogP contribution in [0.15, 0.2) is 36.5 Å². The van der Waals surface area contributed by atoms with Crippen LogP contribution in [-0.4, -0.2) is 22.0 Å². The van der Waals surface area contributed by atoms with Crippen LogP contribution in [0.1, 0.15) is 68.6 Å². The van der Waals surface area contributed by atoms with E-state index in [1.54, 1.807) is 26.0 Å². The van der Waals surface area contributed by atoms with Crippen molar-refractivity contribution in [3.8, 4) is 0 Å². The molecule has 1 aliphatic rings. The number of aromatic nitrogens is 1. The van der Waals surface area contributed by atoms with Crippen LogP contribution in [-0.2, 0) is 10.2 Å². The number of carbonyl (C=O) groups excluding carboxylic acids is 1. The average Bonchev–Trinajstić information content (AvgIpc) is 3.17. The van der Waals surface area contributed by atoms with E-state index in [9.17, 15) is 14.7 Å². The summed E-state index contributed by atoms with van der Waals surface area (Å²) in [5.41, 5.74) is 3.14. The number of carbonyl (C=O) groups is 2. The Labute approximate surface area is 176 Å². The van der Waals surface area contributed by atoms with Gasteiger partial charge in [-0.15, -0.1) is 0 Å². The van der Waals surface area contributed by atoms with Crippen LogP contribution in [0, 0.1) is 12.0 Å². The van der Waals surface area contributed by atoms with Gasteiger partial charge in [0.05, 0.1) is 17.7 Å². The smallest absolute Gasteiger partial charge is 0.313 e. The lowest BCUT2D eigenvalue weighted by molar-refractivity contribution is -0.142. The van der Waals surface area contributed by atoms with Gasteiger partial charge in [-0.05, 0) is 67.9 Å². The molecule has 0 fully saturated rings. The molecule has 0 radical (unpaired) electrons. The number of hydrogen-bond acceptors (Lipinski definition) is 2. The van der Waals surface area contributed by atoms with Crippen LogP contribution in [0.4, 0.5) is 11.4 Å². The minimum absolute atomic E-state index is 0.227. The molecule has 0 saturated carbocycles. The van der Waals surface area contributed by atoms with Gasteiger partial charge in [-0.1, -0.05) is 26.0 Å². The number of allylic oxidation sites excluding steroid dienone is 2. The molecule has 6 heteroatoms. The van der Waals surface area contributed by atoms with Crippen LogP contribution < -0.4 is 5.32 Å². The second-order valence-corrected chi connectivity index (χ2v) is 9.13. The Morgan fingerprint density at radius 3 is 2.57 bits per heavy atom. The van der Waals surface area contributed by atoms with E-state index < -0.39 is 11.4 Å². The van der Waals surface area contributed by atoms with E-state index in [4.69, 9.17) is 6.57 Å². The predicted molar refractivity (Wildman–Crippen MR) is 118 cm³/mol. The van der Waals surface area contributed by atoms with E-state index in [1.807, 2.05) is 6.07 Å². The molecule has 1 aliphatic carbocycles. The Morgan fingerprint density at radius 1 is 1.27 bits per heavy atom. The van der Waals surface area contributed by atoms with Crippen molar-refractivity contribution >= 4 is 28.8 Å². The van der Waals surface area contributed by atoms with Gasteiger partial charge in [0, 0.05) is 17.4 Å². The molecule has 1 aromatic heterocycles. The molecule has 1 amide bonds. The minimum Gasteiger partial charge on any atom is -0.481 e. The van der Waals surface area contributed by atoms with E-state index >= 15 is 0 Å². The number of carboxylic acid groups (broad SMARTS) is 1. The third kappa shape index (κ3) is 4.30. The van der Waals surface area contributed by atoms with Gasteiger partial charge in [-0.25, -0.2) is 4.85 Å². The number of rotatable bonds is 5. The number of H-pyrrole nitrogens is 1. The maximum Gasteiger partial charge on any atom is 0.313 e. The largest absolute Gasteiger partial charge is 0.481 e. The summed E-state index contributed by atoms with van der Waals surface area (Å²) in [6.07, 6.45) is 6.49. The number of aromatic amines is 1. The fraction of sp³-hybridized carbons (Fsp3) is 0.375. The maximum absolute atomic E-state index is 12.7. The third-order valence-electron chi connectivity index (χ3n) is 5.88. The van der Waals surface area contributed by atoms with Crippen molar-refractivity contribution in [1.82, 2.24) is 4.98 Å². The molecule has 0 unspecified atom stereocenters. The van der Waals surface area contributed by atoms with Gasteiger partial charge in [0.2, 0.25) is 5.69 Å². The maximum atomic E-state index is 12.7. The summed E-state index contributed by atoms with van der Waals surface area (Å²) in [7, 11) is 0. The van der Waals surface area contributed by atoms with Crippen molar-refractivity contribution in [2.24, 2.45) is 5.41 Å². The monoisotopic (exact) mass is 405 g/mol. The average molecular weight is 405 g/mol. The van der Waals surface area contributed by atoms with Crippen LogP contribution in [0.3, 0.4) is 0 Å². The molecule has 0 aliphatic heterocycles. The lowest BCUT2D eigenvalue weighted by Gasteiger charge is -2.30. The summed E-state index contributed by atoms with van der Waals surface area (Å²) in [5, 5.41) is 12.6. The molecular formula is C24H27N3O3. The van der Waals surface area contributed by atoms with Gasteiger partial charge < -0.3 is 15.4 Å². The van der Waals surface area contributed by atoms with E-state index in [0.717, 1.165) is 30.4 Å². The first-order chi connectivity index (χ1) is 14.0. The highest BCUT2D eigenvalue weighted by molar-refractivity contribution is 6.05. The number of amides is 1. The number of anilines is 1. The third-order valence-corrected chi connectivity index (χ3v) is 5.88. The van der Waals surface area contributed by atoms with Gasteiger partial charge >= 0.3 is 5.97 Å². The number of nitrogens with zero attached hydrogens (tertiary/aromatic N) is 1. The Kier molecular flexibility index (Phi) is 5.58. The second-order valence-electron chi connectivity index (χ2n) is 9.13. The van der Waals surface area contributed by atoms with Gasteiger partial charge in [0.1, 0.15) is 0 Å². The standard InChI is InChI=1S/C24H27N3O3/c1-23(2)10-8-15(9-11-23)18-12-16(24(3,4)22(29)30)6-7-19(18)27-21(28)20-13-17(25-5)14-26-20/h6-8,12-14,26H,9-11H2,1-4H3,(H,27,28)(H,29,30). The van der Waals surface area contributed by atoms with E-state index in [0.29, 0.717) is 22.6 Å². The molecule has 3 rings (SSSR count). The fourth-order valence-electron chi connectivity index (χ4n) is 3.52. The van der Waals surface area contributed by atoms with Crippen LogP contribution >= 0.6 is 0 Å². The SMILES string of the molecule is [C-]#[N+]c1c[nH]c(C(=O)Nc2ccc(C(C)(C)C(=O)O)cc2C2=CCC(C)(C)CC2)c1. The summed E-state index contributed by atoms with van der Waals surface area (Å²) >= 11 is 0. The topological polar surface area (TPSA) is 86.5 Å². The summed E-state index contributed by atoms with van der Waals surface area (Å²) in [6, 6.07) is 6.91. The van der Waals surface area contributed by atoms with E-state index in [-0.39, 0.29) is 11.3 Å². The van der Waals surface area contributed by atoms with Crippen molar-refractivity contribution in [2.45, 2.75) is 52.4 Å². The zero-order valence-corrected chi connectivity index (χ0v) is 17.8. The highest BCUT2D eigenvalue weighted by Gasteiger charge is 2.31. The molecule has 2 aromatic rings. The number of hydrogen-bond donors (Lipinski definition) is 3. The molecule has 0 spiro atoms. The van der Waals surface area contributed by atoms with Crippen LogP contribution in [0.25, 0.3) is 10.4 Å². The first-order valence-electron chi connectivity index (χ1n) is 9.98. The number of carboxylic acids is 1. The molecule has 0 atom stereocenters. The molecule has 0 saturated heterocycles. The van der Waals surface area contributed by atoms with Crippen molar-refractivity contribution in [3.63, 3.8) is 0 Å². The van der Waals surface area contributed by atoms with E-state index in [1.165, 1.54) is 12.3 Å². The second kappa shape index (κ2) is 7.83. The Morgan fingerprint density at radius 2 is 2.00 bits per heavy atom. The highest BCUT2D eigenvalue weighted by atomic mass is 16.4. The van der Waals surface area contributed by atoms with Gasteiger partial charge in [-0.2, -0.15) is 0 Å². The van der Waals surface area contributed by atoms with Crippen molar-refractivity contribution in [1.29, 1.82) is 0 Å². The molecule has 0 bridgehead atoms. The molecule has 1 heterocycles. The lowest BCUT2D eigenvalue weighted by atomic mass is 9.76. The molecule has 1 aromatic carbocycles. The van der Waals surface area contributed by atoms with Crippen molar-refractivity contribution < 1.29 is 14.7 Å². The van der Waals surface area contributed by atoms with Gasteiger partial charge in [0.25, 0.3) is 5.91 Å². The van der Waals surface area contributed by atoms with Crippen LogP contribution in [0.5, 0.6) is 0 Å². The molecular weight excluding hydrogens is 378 g/mol. The van der Waals surface area contributed by atoms with Gasteiger partial charge in [0.15, 0.2) is 0 Å². The summed E-state index contributed by atoms with van der Waals surface area (Å²) in [6.45, 7) is 14.9. The zero-order valence-electron chi connectivity index (χ0n) is 17.8. The molecule has 30 heavy (non-hydrogen) atoms. The lowest BCUT2D eigenvalue weighted by Crippen LogP contribution is -2.28. The minimum atomic E-state index is -1.05. The zero-order chi connectivity index (χ0) is 22.1.